The second-order valence-corrected chi connectivity index (χ2v) is 8.43. The number of rotatable bonds is 7. The topological polar surface area (TPSA) is 66.8 Å². The molecule has 0 heterocycles. The Hall–Kier alpha value is -3.67. The molecule has 6 heteroatoms. The highest BCUT2D eigenvalue weighted by molar-refractivity contribution is 5.84. The van der Waals surface area contributed by atoms with Gasteiger partial charge in [-0.25, -0.2) is 14.0 Å². The van der Waals surface area contributed by atoms with Gasteiger partial charge < -0.3 is 9.84 Å². The molecule has 5 nitrogen and oxygen atoms in total. The van der Waals surface area contributed by atoms with E-state index in [0.29, 0.717) is 5.56 Å². The van der Waals surface area contributed by atoms with Crippen LogP contribution in [0.25, 0.3) is 11.1 Å². The van der Waals surface area contributed by atoms with Crippen molar-refractivity contribution in [1.82, 2.24) is 4.90 Å². The van der Waals surface area contributed by atoms with Crippen LogP contribution in [-0.4, -0.2) is 40.8 Å². The number of likely N-dealkylation sites (N-methyl/N-ethyl adjacent to an activating group) is 1. The van der Waals surface area contributed by atoms with Gasteiger partial charge in [0.25, 0.3) is 0 Å². The van der Waals surface area contributed by atoms with E-state index in [1.807, 2.05) is 36.4 Å². The number of hydrogen-bond acceptors (Lipinski definition) is 3. The number of carbonyl (C=O) groups is 2. The minimum absolute atomic E-state index is 0.0435. The molecule has 0 aromatic heterocycles. The molecular weight excluding hydrogens is 421 g/mol. The van der Waals surface area contributed by atoms with E-state index in [1.54, 1.807) is 13.0 Å². The molecule has 1 aliphatic rings. The Bertz CT molecular complexity index is 1150. The molecule has 0 saturated carbocycles. The maximum Gasteiger partial charge on any atom is 0.410 e. The van der Waals surface area contributed by atoms with Crippen LogP contribution >= 0.6 is 0 Å². The lowest BCUT2D eigenvalue weighted by atomic mass is 9.91. The maximum atomic E-state index is 13.7. The molecule has 0 saturated heterocycles. The summed E-state index contributed by atoms with van der Waals surface area (Å²) in [6, 6.07) is 21.8. The Kier molecular flexibility index (Phi) is 6.18. The Morgan fingerprint density at radius 1 is 1.00 bits per heavy atom. The number of aliphatic carboxylic acids is 1. The van der Waals surface area contributed by atoms with Gasteiger partial charge >= 0.3 is 12.1 Å². The van der Waals surface area contributed by atoms with E-state index in [-0.39, 0.29) is 25.5 Å². The SMILES string of the molecule is CCN(C(=O)OCC1c2ccccc2-c2ccccc21)C(C)(Cc1cccc(F)c1)C(=O)O. The number of carboxylic acid groups (broad SMARTS) is 1. The third-order valence-corrected chi connectivity index (χ3v) is 6.37. The van der Waals surface area contributed by atoms with Crippen LogP contribution in [0.2, 0.25) is 0 Å². The molecule has 33 heavy (non-hydrogen) atoms. The Morgan fingerprint density at radius 3 is 2.15 bits per heavy atom. The number of nitrogens with zero attached hydrogens (tertiary/aromatic N) is 1. The van der Waals surface area contributed by atoms with E-state index in [1.165, 1.54) is 30.0 Å². The quantitative estimate of drug-likeness (QED) is 0.521. The first kappa shape index (κ1) is 22.5. The van der Waals surface area contributed by atoms with Gasteiger partial charge in [-0.05, 0) is 53.8 Å². The van der Waals surface area contributed by atoms with E-state index in [2.05, 4.69) is 12.1 Å². The normalized spacial score (nSPS) is 14.2. The zero-order chi connectivity index (χ0) is 23.6. The predicted octanol–water partition coefficient (Wildman–Crippen LogP) is 5.48. The lowest BCUT2D eigenvalue weighted by Crippen LogP contribution is -2.56. The van der Waals surface area contributed by atoms with Crippen molar-refractivity contribution >= 4 is 12.1 Å². The van der Waals surface area contributed by atoms with Crippen LogP contribution in [0, 0.1) is 5.82 Å². The third kappa shape index (κ3) is 4.21. The van der Waals surface area contributed by atoms with E-state index >= 15 is 0 Å². The van der Waals surface area contributed by atoms with Gasteiger partial charge in [-0.15, -0.1) is 0 Å². The third-order valence-electron chi connectivity index (χ3n) is 6.37. The van der Waals surface area contributed by atoms with Crippen molar-refractivity contribution in [1.29, 1.82) is 0 Å². The Balaban J connectivity index is 1.56. The number of fused-ring (bicyclic) bond motifs is 3. The zero-order valence-corrected chi connectivity index (χ0v) is 18.6. The molecule has 0 spiro atoms. The maximum absolute atomic E-state index is 13.7. The summed E-state index contributed by atoms with van der Waals surface area (Å²) in [5, 5.41) is 10.0. The molecule has 1 amide bonds. The van der Waals surface area contributed by atoms with Crippen molar-refractivity contribution in [2.75, 3.05) is 13.2 Å². The smallest absolute Gasteiger partial charge is 0.410 e. The summed E-state index contributed by atoms with van der Waals surface area (Å²) in [7, 11) is 0. The fourth-order valence-corrected chi connectivity index (χ4v) is 4.68. The minimum Gasteiger partial charge on any atom is -0.479 e. The summed E-state index contributed by atoms with van der Waals surface area (Å²) in [6.07, 6.45) is -0.751. The molecule has 0 fully saturated rings. The van der Waals surface area contributed by atoms with E-state index in [9.17, 15) is 19.1 Å². The monoisotopic (exact) mass is 447 g/mol. The van der Waals surface area contributed by atoms with E-state index < -0.39 is 23.4 Å². The van der Waals surface area contributed by atoms with Crippen LogP contribution in [0.4, 0.5) is 9.18 Å². The van der Waals surface area contributed by atoms with Crippen molar-refractivity contribution in [2.45, 2.75) is 31.7 Å². The second-order valence-electron chi connectivity index (χ2n) is 8.43. The zero-order valence-electron chi connectivity index (χ0n) is 18.6. The van der Waals surface area contributed by atoms with E-state index in [4.69, 9.17) is 4.74 Å². The van der Waals surface area contributed by atoms with Gasteiger partial charge in [-0.1, -0.05) is 60.7 Å². The number of hydrogen-bond donors (Lipinski definition) is 1. The molecule has 1 N–H and O–H groups in total. The van der Waals surface area contributed by atoms with Gasteiger partial charge in [0.2, 0.25) is 0 Å². The standard InChI is InChI=1S/C27H26FNO4/c1-3-29(27(2,25(30)31)16-18-9-8-10-19(28)15-18)26(32)33-17-24-22-13-6-4-11-20(22)21-12-5-7-14-23(21)24/h4-15,24H,3,16-17H2,1-2H3,(H,30,31). The fourth-order valence-electron chi connectivity index (χ4n) is 4.68. The first-order valence-corrected chi connectivity index (χ1v) is 11.0. The molecule has 170 valence electrons. The number of amides is 1. The van der Waals surface area contributed by atoms with Gasteiger partial charge in [-0.3, -0.25) is 4.90 Å². The van der Waals surface area contributed by atoms with Crippen molar-refractivity contribution in [2.24, 2.45) is 0 Å². The van der Waals surface area contributed by atoms with Gasteiger partial charge in [0.1, 0.15) is 18.0 Å². The van der Waals surface area contributed by atoms with Crippen LogP contribution in [0.3, 0.4) is 0 Å². The lowest BCUT2D eigenvalue weighted by molar-refractivity contribution is -0.149. The average molecular weight is 448 g/mol. The molecule has 0 bridgehead atoms. The molecule has 1 aliphatic carbocycles. The highest BCUT2D eigenvalue weighted by Gasteiger charge is 2.43. The van der Waals surface area contributed by atoms with Crippen molar-refractivity contribution in [3.05, 3.63) is 95.3 Å². The largest absolute Gasteiger partial charge is 0.479 e. The summed E-state index contributed by atoms with van der Waals surface area (Å²) in [5.74, 6) is -1.76. The average Bonchev–Trinajstić information content (AvgIpc) is 3.12. The summed E-state index contributed by atoms with van der Waals surface area (Å²) in [4.78, 5) is 26.6. The van der Waals surface area contributed by atoms with Crippen molar-refractivity contribution < 1.29 is 23.8 Å². The van der Waals surface area contributed by atoms with Gasteiger partial charge in [0.15, 0.2) is 0 Å². The summed E-state index contributed by atoms with van der Waals surface area (Å²) >= 11 is 0. The summed E-state index contributed by atoms with van der Waals surface area (Å²) in [5.41, 5.74) is 3.28. The van der Waals surface area contributed by atoms with Crippen LogP contribution in [-0.2, 0) is 16.0 Å². The van der Waals surface area contributed by atoms with Gasteiger partial charge in [0, 0.05) is 18.9 Å². The van der Waals surface area contributed by atoms with Gasteiger partial charge in [-0.2, -0.15) is 0 Å². The van der Waals surface area contributed by atoms with Crippen LogP contribution in [0.5, 0.6) is 0 Å². The molecule has 0 aliphatic heterocycles. The number of halogens is 1. The second kappa shape index (κ2) is 9.06. The van der Waals surface area contributed by atoms with Crippen LogP contribution < -0.4 is 0 Å². The number of carbonyl (C=O) groups excluding carboxylic acids is 1. The highest BCUT2D eigenvalue weighted by atomic mass is 19.1. The summed E-state index contributed by atoms with van der Waals surface area (Å²) < 4.78 is 19.4. The van der Waals surface area contributed by atoms with Crippen LogP contribution in [0.15, 0.2) is 72.8 Å². The highest BCUT2D eigenvalue weighted by Crippen LogP contribution is 2.44. The number of ether oxygens (including phenoxy) is 1. The minimum atomic E-state index is -1.59. The fraction of sp³-hybridized carbons (Fsp3) is 0.259. The van der Waals surface area contributed by atoms with Gasteiger partial charge in [0.05, 0.1) is 0 Å². The first-order chi connectivity index (χ1) is 15.8. The molecule has 3 aromatic carbocycles. The predicted molar refractivity (Wildman–Crippen MR) is 124 cm³/mol. The first-order valence-electron chi connectivity index (χ1n) is 11.0. The Labute approximate surface area is 192 Å². The molecule has 3 aromatic rings. The molecule has 0 radical (unpaired) electrons. The molecule has 4 rings (SSSR count). The van der Waals surface area contributed by atoms with Crippen LogP contribution in [0.1, 0.15) is 36.5 Å². The lowest BCUT2D eigenvalue weighted by Gasteiger charge is -2.36. The number of benzene rings is 3. The molecule has 1 unspecified atom stereocenters. The summed E-state index contributed by atoms with van der Waals surface area (Å²) in [6.45, 7) is 3.40. The van der Waals surface area contributed by atoms with Crippen molar-refractivity contribution in [3.63, 3.8) is 0 Å². The number of carboxylic acids is 1. The van der Waals surface area contributed by atoms with E-state index in [0.717, 1.165) is 22.3 Å². The molecule has 1 atom stereocenters. The molecular formula is C27H26FNO4. The van der Waals surface area contributed by atoms with Crippen molar-refractivity contribution in [3.8, 4) is 11.1 Å². The Morgan fingerprint density at radius 2 is 1.61 bits per heavy atom.